The number of hydrogen-bond acceptors (Lipinski definition) is 5. The lowest BCUT2D eigenvalue weighted by atomic mass is 10.1. The molecular weight excluding hydrogens is 332 g/mol. The molecule has 6 heteroatoms. The number of amides is 1. The van der Waals surface area contributed by atoms with Gasteiger partial charge in [0.1, 0.15) is 5.75 Å². The van der Waals surface area contributed by atoms with Crippen molar-refractivity contribution in [1.82, 2.24) is 10.4 Å². The summed E-state index contributed by atoms with van der Waals surface area (Å²) in [6.07, 6.45) is 6.72. The van der Waals surface area contributed by atoms with Crippen LogP contribution >= 0.6 is 0 Å². The fourth-order valence-corrected chi connectivity index (χ4v) is 3.03. The molecule has 1 aliphatic heterocycles. The average molecular weight is 362 g/mol. The quantitative estimate of drug-likeness (QED) is 0.540. The molecule has 1 N–H and O–H groups in total. The summed E-state index contributed by atoms with van der Waals surface area (Å²) in [5.41, 5.74) is 3.33. The van der Waals surface area contributed by atoms with Crippen LogP contribution in [-0.4, -0.2) is 36.5 Å². The van der Waals surface area contributed by atoms with E-state index in [2.05, 4.69) is 21.9 Å². The van der Waals surface area contributed by atoms with Gasteiger partial charge in [-0.15, -0.1) is 0 Å². The molecule has 1 fully saturated rings. The van der Waals surface area contributed by atoms with Crippen LogP contribution in [0.25, 0.3) is 0 Å². The number of hydrogen-bond donors (Lipinski definition) is 1. The van der Waals surface area contributed by atoms with Crippen LogP contribution in [0.4, 0.5) is 0 Å². The summed E-state index contributed by atoms with van der Waals surface area (Å²) in [4.78, 5) is 29.0. The van der Waals surface area contributed by atoms with Gasteiger partial charge in [0.25, 0.3) is 0 Å². The molecule has 0 bridgehead atoms. The first kappa shape index (κ1) is 20.2. The molecular formula is C20H30N2O4. The monoisotopic (exact) mass is 362 g/mol. The van der Waals surface area contributed by atoms with Crippen LogP contribution in [0.1, 0.15) is 57.4 Å². The van der Waals surface area contributed by atoms with E-state index in [1.165, 1.54) is 44.8 Å². The minimum Gasteiger partial charge on any atom is -0.494 e. The van der Waals surface area contributed by atoms with E-state index in [1.807, 2.05) is 17.6 Å². The number of likely N-dealkylation sites (tertiary alicyclic amines) is 1. The van der Waals surface area contributed by atoms with Crippen LogP contribution in [0.15, 0.2) is 24.3 Å². The Morgan fingerprint density at radius 1 is 1.12 bits per heavy atom. The highest BCUT2D eigenvalue weighted by atomic mass is 16.7. The second-order valence-electron chi connectivity index (χ2n) is 6.78. The standard InChI is InChI=1S/C20H30N2O4/c1-17(23)21-26-20(24)11-4-2-7-14-25-19-10-8-9-18(15-19)16-22-12-5-3-6-13-22/h8-10,15H,2-7,11-14,16H2,1H3,(H,21,23). The first-order valence-corrected chi connectivity index (χ1v) is 9.54. The second-order valence-corrected chi connectivity index (χ2v) is 6.78. The number of nitrogens with zero attached hydrogens (tertiary/aromatic N) is 1. The Labute approximate surface area is 155 Å². The fourth-order valence-electron chi connectivity index (χ4n) is 3.03. The van der Waals surface area contributed by atoms with E-state index >= 15 is 0 Å². The molecule has 0 radical (unpaired) electrons. The Bertz CT molecular complexity index is 571. The molecule has 1 aromatic rings. The third-order valence-electron chi connectivity index (χ3n) is 4.36. The van der Waals surface area contributed by atoms with Gasteiger partial charge in [0.05, 0.1) is 6.61 Å². The van der Waals surface area contributed by atoms with E-state index in [0.717, 1.165) is 31.6 Å². The lowest BCUT2D eigenvalue weighted by molar-refractivity contribution is -0.157. The zero-order chi connectivity index (χ0) is 18.6. The van der Waals surface area contributed by atoms with E-state index in [9.17, 15) is 9.59 Å². The Balaban J connectivity index is 1.58. The van der Waals surface area contributed by atoms with E-state index in [0.29, 0.717) is 13.0 Å². The van der Waals surface area contributed by atoms with Gasteiger partial charge >= 0.3 is 5.97 Å². The third-order valence-corrected chi connectivity index (χ3v) is 4.36. The van der Waals surface area contributed by atoms with Crippen LogP contribution < -0.4 is 10.2 Å². The number of rotatable bonds is 9. The zero-order valence-corrected chi connectivity index (χ0v) is 15.7. The number of ether oxygens (including phenoxy) is 1. The van der Waals surface area contributed by atoms with Gasteiger partial charge in [-0.1, -0.05) is 18.6 Å². The lowest BCUT2D eigenvalue weighted by Crippen LogP contribution is -2.29. The summed E-state index contributed by atoms with van der Waals surface area (Å²) in [5.74, 6) is 0.116. The van der Waals surface area contributed by atoms with Gasteiger partial charge in [-0.25, -0.2) is 4.79 Å². The maximum Gasteiger partial charge on any atom is 0.332 e. The Hall–Kier alpha value is -2.08. The van der Waals surface area contributed by atoms with Gasteiger partial charge in [-0.05, 0) is 62.9 Å². The van der Waals surface area contributed by atoms with Crippen LogP contribution in [-0.2, 0) is 21.0 Å². The van der Waals surface area contributed by atoms with Gasteiger partial charge < -0.3 is 9.57 Å². The molecule has 0 aromatic heterocycles. The van der Waals surface area contributed by atoms with Crippen molar-refractivity contribution in [2.75, 3.05) is 19.7 Å². The average Bonchev–Trinajstić information content (AvgIpc) is 2.64. The van der Waals surface area contributed by atoms with Crippen molar-refractivity contribution in [2.45, 2.75) is 58.4 Å². The largest absolute Gasteiger partial charge is 0.494 e. The van der Waals surface area contributed by atoms with Crippen LogP contribution in [0, 0.1) is 0 Å². The maximum absolute atomic E-state index is 11.3. The molecule has 1 amide bonds. The smallest absolute Gasteiger partial charge is 0.332 e. The molecule has 1 aliphatic rings. The first-order valence-electron chi connectivity index (χ1n) is 9.54. The fraction of sp³-hybridized carbons (Fsp3) is 0.600. The molecule has 144 valence electrons. The number of carbonyl (C=O) groups excluding carboxylic acids is 2. The summed E-state index contributed by atoms with van der Waals surface area (Å²) < 4.78 is 5.83. The second kappa shape index (κ2) is 11.5. The summed E-state index contributed by atoms with van der Waals surface area (Å²) in [6, 6.07) is 8.32. The number of benzene rings is 1. The van der Waals surface area contributed by atoms with Crippen molar-refractivity contribution in [1.29, 1.82) is 0 Å². The molecule has 6 nitrogen and oxygen atoms in total. The van der Waals surface area contributed by atoms with Crippen LogP contribution in [0.5, 0.6) is 5.75 Å². The maximum atomic E-state index is 11.3. The molecule has 2 rings (SSSR count). The Kier molecular flexibility index (Phi) is 8.96. The van der Waals surface area contributed by atoms with E-state index in [-0.39, 0.29) is 5.91 Å². The van der Waals surface area contributed by atoms with Gasteiger partial charge in [0.2, 0.25) is 5.91 Å². The summed E-state index contributed by atoms with van der Waals surface area (Å²) in [7, 11) is 0. The number of hydroxylamine groups is 1. The topological polar surface area (TPSA) is 67.9 Å². The van der Waals surface area contributed by atoms with Gasteiger partial charge in [0.15, 0.2) is 0 Å². The minimum atomic E-state index is -0.411. The highest BCUT2D eigenvalue weighted by molar-refractivity contribution is 5.75. The highest BCUT2D eigenvalue weighted by Gasteiger charge is 2.10. The third kappa shape index (κ3) is 8.34. The summed E-state index contributed by atoms with van der Waals surface area (Å²) in [5, 5.41) is 0. The first-order chi connectivity index (χ1) is 12.6. The molecule has 26 heavy (non-hydrogen) atoms. The van der Waals surface area contributed by atoms with Crippen LogP contribution in [0.3, 0.4) is 0 Å². The number of piperidine rings is 1. The van der Waals surface area contributed by atoms with Crippen molar-refractivity contribution in [3.8, 4) is 5.75 Å². The van der Waals surface area contributed by atoms with Gasteiger partial charge in [-0.2, -0.15) is 5.48 Å². The Morgan fingerprint density at radius 3 is 2.69 bits per heavy atom. The molecule has 0 unspecified atom stereocenters. The van der Waals surface area contributed by atoms with Gasteiger partial charge in [-0.3, -0.25) is 9.69 Å². The van der Waals surface area contributed by atoms with Crippen molar-refractivity contribution in [2.24, 2.45) is 0 Å². The number of unbranched alkanes of at least 4 members (excludes halogenated alkanes) is 2. The van der Waals surface area contributed by atoms with E-state index in [1.54, 1.807) is 0 Å². The predicted molar refractivity (Wildman–Crippen MR) is 99.4 cm³/mol. The molecule has 0 aliphatic carbocycles. The van der Waals surface area contributed by atoms with E-state index in [4.69, 9.17) is 4.74 Å². The normalized spacial score (nSPS) is 14.7. The molecule has 0 saturated carbocycles. The number of carbonyl (C=O) groups is 2. The Morgan fingerprint density at radius 2 is 1.92 bits per heavy atom. The SMILES string of the molecule is CC(=O)NOC(=O)CCCCCOc1cccc(CN2CCCCC2)c1. The van der Waals surface area contributed by atoms with Crippen LogP contribution in [0.2, 0.25) is 0 Å². The number of nitrogens with one attached hydrogen (secondary N) is 1. The van der Waals surface area contributed by atoms with Crippen molar-refractivity contribution >= 4 is 11.9 Å². The van der Waals surface area contributed by atoms with Crippen molar-refractivity contribution in [3.63, 3.8) is 0 Å². The summed E-state index contributed by atoms with van der Waals surface area (Å²) in [6.45, 7) is 5.30. The van der Waals surface area contributed by atoms with Crippen molar-refractivity contribution in [3.05, 3.63) is 29.8 Å². The van der Waals surface area contributed by atoms with Crippen molar-refractivity contribution < 1.29 is 19.2 Å². The molecule has 1 heterocycles. The zero-order valence-electron chi connectivity index (χ0n) is 15.7. The summed E-state index contributed by atoms with van der Waals surface area (Å²) >= 11 is 0. The minimum absolute atomic E-state index is 0.297. The van der Waals surface area contributed by atoms with Gasteiger partial charge in [0, 0.05) is 19.9 Å². The van der Waals surface area contributed by atoms with E-state index < -0.39 is 5.97 Å². The molecule has 0 spiro atoms. The predicted octanol–water partition coefficient (Wildman–Crippen LogP) is 3.21. The molecule has 0 atom stereocenters. The molecule has 1 saturated heterocycles. The lowest BCUT2D eigenvalue weighted by Gasteiger charge is -2.26. The highest BCUT2D eigenvalue weighted by Crippen LogP contribution is 2.18. The molecule has 1 aromatic carbocycles.